The van der Waals surface area contributed by atoms with E-state index in [9.17, 15) is 10.1 Å². The summed E-state index contributed by atoms with van der Waals surface area (Å²) in [7, 11) is 0. The maximum atomic E-state index is 12.7. The van der Waals surface area contributed by atoms with Crippen LogP contribution in [-0.2, 0) is 23.7 Å². The molecule has 0 amide bonds. The van der Waals surface area contributed by atoms with E-state index < -0.39 is 41.5 Å². The molecule has 2 saturated heterocycles. The molecule has 2 aromatic rings. The van der Waals surface area contributed by atoms with Crippen molar-refractivity contribution in [2.75, 3.05) is 5.73 Å². The van der Waals surface area contributed by atoms with Gasteiger partial charge in [0.25, 0.3) is 0 Å². The number of ether oxygens (including phenoxy) is 5. The molecule has 11 nitrogen and oxygen atoms in total. The van der Waals surface area contributed by atoms with Gasteiger partial charge in [0, 0.05) is 0 Å². The lowest BCUT2D eigenvalue weighted by atomic mass is 10.0. The Labute approximate surface area is 197 Å². The number of carbonyl (C=O) groups excluding carboxylic acids is 1. The Morgan fingerprint density at radius 3 is 2.71 bits per heavy atom. The maximum absolute atomic E-state index is 12.7. The number of rotatable bonds is 7. The highest BCUT2D eigenvalue weighted by Gasteiger charge is 2.96. The van der Waals surface area contributed by atoms with E-state index in [2.05, 4.69) is 16.2 Å². The monoisotopic (exact) mass is 471 g/mol. The van der Waals surface area contributed by atoms with E-state index in [4.69, 9.17) is 29.4 Å². The van der Waals surface area contributed by atoms with Crippen LogP contribution < -0.4 is 5.73 Å². The van der Waals surface area contributed by atoms with Crippen LogP contribution in [0.3, 0.4) is 0 Å². The van der Waals surface area contributed by atoms with Crippen molar-refractivity contribution in [1.29, 1.82) is 5.26 Å². The lowest BCUT2D eigenvalue weighted by molar-refractivity contribution is -0.182. The number of fused-ring (bicyclic) bond motifs is 1. The zero-order chi connectivity index (χ0) is 24.3. The fourth-order valence-electron chi connectivity index (χ4n) is 5.40. The number of anilines is 1. The average Bonchev–Trinajstić information content (AvgIpc) is 3.14. The second-order valence-electron chi connectivity index (χ2n) is 9.48. The molecule has 0 radical (unpaired) electrons. The molecule has 0 aromatic carbocycles. The second-order valence-corrected chi connectivity index (χ2v) is 9.48. The first-order chi connectivity index (χ1) is 16.2. The number of nitrogens with zero attached hydrogens (tertiary/aromatic N) is 4. The van der Waals surface area contributed by atoms with Crippen LogP contribution >= 0.6 is 0 Å². The van der Waals surface area contributed by atoms with Crippen molar-refractivity contribution in [3.8, 4) is 6.07 Å². The van der Waals surface area contributed by atoms with Gasteiger partial charge in [-0.3, -0.25) is 0 Å². The van der Waals surface area contributed by atoms with Crippen LogP contribution in [0.2, 0.25) is 0 Å². The van der Waals surface area contributed by atoms with Gasteiger partial charge in [0.15, 0.2) is 23.3 Å². The Morgan fingerprint density at radius 1 is 1.29 bits per heavy atom. The minimum Gasteiger partial charge on any atom is -0.431 e. The normalized spacial score (nSPS) is 32.9. The van der Waals surface area contributed by atoms with Crippen LogP contribution in [0.15, 0.2) is 18.5 Å². The van der Waals surface area contributed by atoms with E-state index in [1.54, 1.807) is 30.5 Å². The molecule has 2 aliphatic heterocycles. The summed E-state index contributed by atoms with van der Waals surface area (Å²) in [5.41, 5.74) is 4.38. The third-order valence-electron chi connectivity index (χ3n) is 6.76. The summed E-state index contributed by atoms with van der Waals surface area (Å²) in [6, 6.07) is 5.77. The lowest BCUT2D eigenvalue weighted by Crippen LogP contribution is -2.34. The van der Waals surface area contributed by atoms with Crippen molar-refractivity contribution in [1.82, 2.24) is 14.6 Å². The summed E-state index contributed by atoms with van der Waals surface area (Å²) in [5, 5.41) is 14.5. The van der Waals surface area contributed by atoms with Crippen molar-refractivity contribution >= 4 is 17.5 Å². The molecule has 182 valence electrons. The van der Waals surface area contributed by atoms with E-state index in [1.165, 1.54) is 6.33 Å². The fourth-order valence-corrected chi connectivity index (χ4v) is 5.40. The third-order valence-corrected chi connectivity index (χ3v) is 6.76. The van der Waals surface area contributed by atoms with Gasteiger partial charge in [-0.05, 0) is 38.8 Å². The van der Waals surface area contributed by atoms with Crippen molar-refractivity contribution < 1.29 is 28.5 Å². The van der Waals surface area contributed by atoms with E-state index in [-0.39, 0.29) is 6.10 Å². The first-order valence-corrected chi connectivity index (χ1v) is 11.7. The number of carbonyl (C=O) groups is 1. The predicted molar refractivity (Wildman–Crippen MR) is 117 cm³/mol. The molecule has 5 rings (SSSR count). The van der Waals surface area contributed by atoms with Crippen LogP contribution in [-0.4, -0.2) is 56.1 Å². The fraction of sp³-hybridized carbons (Fsp3) is 0.652. The summed E-state index contributed by atoms with van der Waals surface area (Å²) in [6.45, 7) is 7.56. The topological polar surface area (TPSA) is 143 Å². The highest BCUT2D eigenvalue weighted by molar-refractivity contribution is 5.66. The summed E-state index contributed by atoms with van der Waals surface area (Å²) < 4.78 is 31.5. The summed E-state index contributed by atoms with van der Waals surface area (Å²) in [6.07, 6.45) is 1.08. The molecule has 3 aliphatic rings. The van der Waals surface area contributed by atoms with Crippen molar-refractivity contribution in [2.24, 2.45) is 0 Å². The zero-order valence-electron chi connectivity index (χ0n) is 19.7. The molecule has 1 spiro atoms. The molecule has 4 heterocycles. The molecule has 1 unspecified atom stereocenters. The molecule has 11 heteroatoms. The quantitative estimate of drug-likeness (QED) is 0.598. The highest BCUT2D eigenvalue weighted by Crippen LogP contribution is 2.71. The first-order valence-electron chi connectivity index (χ1n) is 11.7. The first kappa shape index (κ1) is 22.8. The van der Waals surface area contributed by atoms with Gasteiger partial charge in [0.1, 0.15) is 36.2 Å². The van der Waals surface area contributed by atoms with Crippen LogP contribution in [0.1, 0.15) is 65.2 Å². The maximum Gasteiger partial charge on any atom is 0.509 e. The number of aromatic nitrogens is 3. The van der Waals surface area contributed by atoms with Gasteiger partial charge >= 0.3 is 6.16 Å². The van der Waals surface area contributed by atoms with Crippen LogP contribution in [0.4, 0.5) is 10.6 Å². The third kappa shape index (κ3) is 3.09. The molecular formula is C23H29N5O6. The average molecular weight is 472 g/mol. The summed E-state index contributed by atoms with van der Waals surface area (Å²) in [5.74, 6) is -0.708. The van der Waals surface area contributed by atoms with Gasteiger partial charge in [0.2, 0.25) is 5.60 Å². The van der Waals surface area contributed by atoms with Gasteiger partial charge in [-0.15, -0.1) is 0 Å². The minimum atomic E-state index is -1.54. The largest absolute Gasteiger partial charge is 0.509 e. The molecule has 1 aliphatic carbocycles. The number of nitriles is 1. The van der Waals surface area contributed by atoms with Crippen LogP contribution in [0, 0.1) is 11.3 Å². The van der Waals surface area contributed by atoms with Crippen LogP contribution in [0.25, 0.3) is 5.52 Å². The zero-order valence-corrected chi connectivity index (χ0v) is 19.7. The highest BCUT2D eigenvalue weighted by atomic mass is 16.8. The van der Waals surface area contributed by atoms with Gasteiger partial charge < -0.3 is 29.4 Å². The molecule has 1 saturated carbocycles. The van der Waals surface area contributed by atoms with Crippen LogP contribution in [0.5, 0.6) is 0 Å². The Morgan fingerprint density at radius 2 is 2.03 bits per heavy atom. The van der Waals surface area contributed by atoms with E-state index in [0.29, 0.717) is 17.0 Å². The Bertz CT molecular complexity index is 1150. The Balaban J connectivity index is 1.44. The van der Waals surface area contributed by atoms with E-state index in [1.807, 2.05) is 13.8 Å². The van der Waals surface area contributed by atoms with Gasteiger partial charge in [0.05, 0.1) is 5.69 Å². The summed E-state index contributed by atoms with van der Waals surface area (Å²) in [4.78, 5) is 16.7. The van der Waals surface area contributed by atoms with E-state index in [0.717, 1.165) is 25.7 Å². The molecule has 0 bridgehead atoms. The van der Waals surface area contributed by atoms with Crippen molar-refractivity contribution in [2.45, 2.75) is 94.8 Å². The standard InChI is InChI=1S/C23H29N5O6/c1-5-7-13(8-6-2)30-20(29)31-19-22(11-24)23(19)17(33-21(3,4)34-23)16(32-22)14-9-10-15-18(25)26-12-27-28(14)15/h9-10,12-13,16-17,19H,5-8H2,1-4H3,(H2,25,26,27)/t16-,17-,19?,22+,23+/m0/s1. The number of nitrogen functional groups attached to an aromatic ring is 1. The van der Waals surface area contributed by atoms with E-state index >= 15 is 0 Å². The van der Waals surface area contributed by atoms with Gasteiger partial charge in [-0.1, -0.05) is 26.7 Å². The number of hydrogen-bond donors (Lipinski definition) is 1. The second kappa shape index (κ2) is 7.80. The number of nitrogens with two attached hydrogens (primary N) is 1. The molecule has 5 atom stereocenters. The Kier molecular flexibility index (Phi) is 5.24. The Hall–Kier alpha value is -2.94. The van der Waals surface area contributed by atoms with Crippen molar-refractivity contribution in [3.05, 3.63) is 24.2 Å². The molecular weight excluding hydrogens is 442 g/mol. The minimum absolute atomic E-state index is 0.240. The molecule has 34 heavy (non-hydrogen) atoms. The smallest absolute Gasteiger partial charge is 0.431 e. The van der Waals surface area contributed by atoms with Gasteiger partial charge in [-0.25, -0.2) is 14.3 Å². The predicted octanol–water partition coefficient (Wildman–Crippen LogP) is 3.04. The SMILES string of the molecule is CCCC(CCC)OC(=O)OC1[C@@]2(C#N)O[C@@H](c3ccc4c(N)ncnn34)[C@@H]3OC(C)(C)O[C@@]132. The molecule has 3 fully saturated rings. The number of hydrogen-bond acceptors (Lipinski definition) is 10. The van der Waals surface area contributed by atoms with Crippen molar-refractivity contribution in [3.63, 3.8) is 0 Å². The summed E-state index contributed by atoms with van der Waals surface area (Å²) >= 11 is 0. The van der Waals surface area contributed by atoms with Gasteiger partial charge in [-0.2, -0.15) is 10.4 Å². The molecule has 2 N–H and O–H groups in total. The molecule has 2 aromatic heterocycles. The lowest BCUT2D eigenvalue weighted by Gasteiger charge is -2.24.